The van der Waals surface area contributed by atoms with Crippen LogP contribution in [0, 0.1) is 0 Å². The number of rotatable bonds is 5. The lowest BCUT2D eigenvalue weighted by molar-refractivity contribution is 0.0949. The molecule has 0 saturated carbocycles. The molecule has 6 heteroatoms. The monoisotopic (exact) mass is 244 g/mol. The van der Waals surface area contributed by atoms with Crippen molar-refractivity contribution in [2.24, 2.45) is 0 Å². The van der Waals surface area contributed by atoms with Crippen molar-refractivity contribution >= 4 is 17.5 Å². The van der Waals surface area contributed by atoms with Crippen LogP contribution in [-0.4, -0.2) is 36.5 Å². The Hall–Kier alpha value is -1.33. The first-order chi connectivity index (χ1) is 7.63. The van der Waals surface area contributed by atoms with Gasteiger partial charge >= 0.3 is 0 Å². The summed E-state index contributed by atoms with van der Waals surface area (Å²) < 4.78 is 4.82. The Bertz CT molecular complexity index is 405. The van der Waals surface area contributed by atoms with E-state index in [1.807, 2.05) is 0 Å². The Morgan fingerprint density at radius 3 is 3.06 bits per heavy atom. The fraction of sp³-hybridized carbons (Fsp3) is 0.400. The molecule has 0 aliphatic rings. The standard InChI is InChI=1S/C10H13ClN2O3/c1-16-6-8(11)5-13-10(15)7-2-3-12-9(14)4-7/h2-4,8H,5-6H2,1H3,(H,12,14)(H,13,15). The zero-order valence-electron chi connectivity index (χ0n) is 8.83. The molecule has 1 heterocycles. The summed E-state index contributed by atoms with van der Waals surface area (Å²) in [6.07, 6.45) is 1.42. The van der Waals surface area contributed by atoms with Gasteiger partial charge in [0, 0.05) is 31.5 Å². The van der Waals surface area contributed by atoms with E-state index >= 15 is 0 Å². The summed E-state index contributed by atoms with van der Waals surface area (Å²) in [6, 6.07) is 2.76. The molecule has 88 valence electrons. The van der Waals surface area contributed by atoms with Crippen LogP contribution in [0.2, 0.25) is 0 Å². The van der Waals surface area contributed by atoms with E-state index in [0.717, 1.165) is 0 Å². The van der Waals surface area contributed by atoms with E-state index in [-0.39, 0.29) is 16.8 Å². The van der Waals surface area contributed by atoms with Gasteiger partial charge in [-0.3, -0.25) is 9.59 Å². The SMILES string of the molecule is COCC(Cl)CNC(=O)c1cc[nH]c(=O)c1. The number of amides is 1. The van der Waals surface area contributed by atoms with Crippen molar-refractivity contribution in [2.75, 3.05) is 20.3 Å². The molecule has 1 aromatic rings. The Morgan fingerprint density at radius 1 is 1.69 bits per heavy atom. The molecule has 0 fully saturated rings. The first-order valence-electron chi connectivity index (χ1n) is 4.73. The number of pyridine rings is 1. The number of carbonyl (C=O) groups is 1. The smallest absolute Gasteiger partial charge is 0.251 e. The zero-order valence-corrected chi connectivity index (χ0v) is 9.58. The average Bonchev–Trinajstić information content (AvgIpc) is 2.26. The Morgan fingerprint density at radius 2 is 2.44 bits per heavy atom. The summed E-state index contributed by atoms with van der Waals surface area (Å²) in [5.41, 5.74) is -0.00278. The van der Waals surface area contributed by atoms with Crippen LogP contribution in [0.4, 0.5) is 0 Å². The Kier molecular flexibility index (Phi) is 5.01. The van der Waals surface area contributed by atoms with E-state index in [0.29, 0.717) is 18.7 Å². The fourth-order valence-electron chi connectivity index (χ4n) is 1.13. The molecule has 2 N–H and O–H groups in total. The molecule has 1 unspecified atom stereocenters. The molecule has 0 spiro atoms. The van der Waals surface area contributed by atoms with Gasteiger partial charge in [0.1, 0.15) is 0 Å². The third-order valence-corrected chi connectivity index (χ3v) is 2.15. The van der Waals surface area contributed by atoms with Gasteiger partial charge in [0.2, 0.25) is 5.56 Å². The highest BCUT2D eigenvalue weighted by Crippen LogP contribution is 1.96. The maximum atomic E-state index is 11.5. The third kappa shape index (κ3) is 4.04. The molecule has 1 rings (SSSR count). The number of carbonyl (C=O) groups excluding carboxylic acids is 1. The number of aromatic amines is 1. The third-order valence-electron chi connectivity index (χ3n) is 1.87. The molecule has 1 aromatic heterocycles. The van der Waals surface area contributed by atoms with E-state index in [1.165, 1.54) is 25.4 Å². The molecule has 0 aromatic carbocycles. The summed E-state index contributed by atoms with van der Waals surface area (Å²) in [5, 5.41) is 2.33. The topological polar surface area (TPSA) is 71.2 Å². The minimum Gasteiger partial charge on any atom is -0.383 e. The van der Waals surface area contributed by atoms with E-state index in [9.17, 15) is 9.59 Å². The first-order valence-corrected chi connectivity index (χ1v) is 5.17. The lowest BCUT2D eigenvalue weighted by atomic mass is 10.2. The minimum atomic E-state index is -0.326. The van der Waals surface area contributed by atoms with E-state index in [2.05, 4.69) is 10.3 Å². The predicted octanol–water partition coefficient (Wildman–Crippen LogP) is 0.359. The molecule has 1 atom stereocenters. The maximum Gasteiger partial charge on any atom is 0.251 e. The molecule has 0 bridgehead atoms. The van der Waals surface area contributed by atoms with Gasteiger partial charge in [0.05, 0.1) is 12.0 Å². The largest absolute Gasteiger partial charge is 0.383 e. The number of ether oxygens (including phenoxy) is 1. The minimum absolute atomic E-state index is 0.282. The van der Waals surface area contributed by atoms with E-state index in [1.54, 1.807) is 0 Å². The van der Waals surface area contributed by atoms with Gasteiger partial charge in [0.25, 0.3) is 5.91 Å². The lowest BCUT2D eigenvalue weighted by Gasteiger charge is -2.09. The number of methoxy groups -OCH3 is 1. The van der Waals surface area contributed by atoms with Crippen molar-refractivity contribution in [1.29, 1.82) is 0 Å². The van der Waals surface area contributed by atoms with Crippen molar-refractivity contribution in [3.05, 3.63) is 34.2 Å². The molecule has 0 aliphatic heterocycles. The van der Waals surface area contributed by atoms with Crippen molar-refractivity contribution in [3.8, 4) is 0 Å². The summed E-state index contributed by atoms with van der Waals surface area (Å²) in [4.78, 5) is 24.9. The molecule has 1 amide bonds. The van der Waals surface area contributed by atoms with Gasteiger partial charge < -0.3 is 15.0 Å². The Balaban J connectivity index is 2.50. The van der Waals surface area contributed by atoms with Crippen LogP contribution in [0.3, 0.4) is 0 Å². The van der Waals surface area contributed by atoms with Crippen LogP contribution in [-0.2, 0) is 4.74 Å². The van der Waals surface area contributed by atoms with Gasteiger partial charge in [-0.1, -0.05) is 0 Å². The number of hydrogen-bond acceptors (Lipinski definition) is 3. The molecule has 0 saturated heterocycles. The van der Waals surface area contributed by atoms with Crippen molar-refractivity contribution in [3.63, 3.8) is 0 Å². The van der Waals surface area contributed by atoms with Crippen LogP contribution >= 0.6 is 11.6 Å². The van der Waals surface area contributed by atoms with Crippen molar-refractivity contribution < 1.29 is 9.53 Å². The van der Waals surface area contributed by atoms with E-state index < -0.39 is 0 Å². The van der Waals surface area contributed by atoms with Crippen LogP contribution in [0.5, 0.6) is 0 Å². The van der Waals surface area contributed by atoms with Crippen LogP contribution in [0.25, 0.3) is 0 Å². The van der Waals surface area contributed by atoms with Crippen molar-refractivity contribution in [1.82, 2.24) is 10.3 Å². The second kappa shape index (κ2) is 6.30. The summed E-state index contributed by atoms with van der Waals surface area (Å²) in [6.45, 7) is 0.651. The summed E-state index contributed by atoms with van der Waals surface area (Å²) in [5.74, 6) is -0.326. The second-order valence-corrected chi connectivity index (χ2v) is 3.82. The maximum absolute atomic E-state index is 11.5. The van der Waals surface area contributed by atoms with Crippen LogP contribution in [0.15, 0.2) is 23.1 Å². The van der Waals surface area contributed by atoms with Gasteiger partial charge in [0.15, 0.2) is 0 Å². The van der Waals surface area contributed by atoms with Crippen LogP contribution in [0.1, 0.15) is 10.4 Å². The van der Waals surface area contributed by atoms with Gasteiger partial charge in [-0.15, -0.1) is 11.6 Å². The van der Waals surface area contributed by atoms with Gasteiger partial charge in [-0.05, 0) is 6.07 Å². The fourth-order valence-corrected chi connectivity index (χ4v) is 1.33. The number of H-pyrrole nitrogens is 1. The summed E-state index contributed by atoms with van der Waals surface area (Å²) in [7, 11) is 1.54. The second-order valence-electron chi connectivity index (χ2n) is 3.20. The lowest BCUT2D eigenvalue weighted by Crippen LogP contribution is -2.32. The number of halogens is 1. The predicted molar refractivity (Wildman–Crippen MR) is 60.9 cm³/mol. The van der Waals surface area contributed by atoms with Crippen LogP contribution < -0.4 is 10.9 Å². The number of alkyl halides is 1. The summed E-state index contributed by atoms with van der Waals surface area (Å²) >= 11 is 5.84. The molecule has 0 aliphatic carbocycles. The highest BCUT2D eigenvalue weighted by molar-refractivity contribution is 6.21. The molecular weight excluding hydrogens is 232 g/mol. The van der Waals surface area contributed by atoms with E-state index in [4.69, 9.17) is 16.3 Å². The molecule has 16 heavy (non-hydrogen) atoms. The van der Waals surface area contributed by atoms with Gasteiger partial charge in [-0.2, -0.15) is 0 Å². The first kappa shape index (κ1) is 12.7. The van der Waals surface area contributed by atoms with Gasteiger partial charge in [-0.25, -0.2) is 0 Å². The highest BCUT2D eigenvalue weighted by atomic mass is 35.5. The highest BCUT2D eigenvalue weighted by Gasteiger charge is 2.08. The average molecular weight is 245 g/mol. The zero-order chi connectivity index (χ0) is 12.0. The quantitative estimate of drug-likeness (QED) is 0.735. The number of hydrogen-bond donors (Lipinski definition) is 2. The number of aromatic nitrogens is 1. The molecule has 5 nitrogen and oxygen atoms in total. The molecular formula is C10H13ClN2O3. The van der Waals surface area contributed by atoms with Crippen molar-refractivity contribution in [2.45, 2.75) is 5.38 Å². The normalized spacial score (nSPS) is 12.1. The Labute approximate surface area is 97.8 Å². The molecule has 0 radical (unpaired) electrons. The number of nitrogens with one attached hydrogen (secondary N) is 2.